The first-order valence-corrected chi connectivity index (χ1v) is 14.0. The van der Waals surface area contributed by atoms with Gasteiger partial charge in [0.05, 0.1) is 45.6 Å². The highest BCUT2D eigenvalue weighted by molar-refractivity contribution is 6.06. The molecule has 1 aliphatic heterocycles. The van der Waals surface area contributed by atoms with Crippen molar-refractivity contribution in [3.05, 3.63) is 46.3 Å². The predicted molar refractivity (Wildman–Crippen MR) is 153 cm³/mol. The Labute approximate surface area is 241 Å². The third kappa shape index (κ3) is 7.28. The first-order chi connectivity index (χ1) is 19.5. The van der Waals surface area contributed by atoms with Crippen LogP contribution in [0.3, 0.4) is 0 Å². The second-order valence-corrected chi connectivity index (χ2v) is 10.6. The maximum absolute atomic E-state index is 15.5. The third-order valence-electron chi connectivity index (χ3n) is 6.59. The predicted octanol–water partition coefficient (Wildman–Crippen LogP) is 5.68. The number of fused-ring (bicyclic) bond motifs is 1. The maximum Gasteiger partial charge on any atom is 0.305 e. The molecule has 0 fully saturated rings. The highest BCUT2D eigenvalue weighted by atomic mass is 19.1. The van der Waals surface area contributed by atoms with Crippen LogP contribution in [0.25, 0.3) is 0 Å². The Balaban J connectivity index is 1.85. The zero-order valence-corrected chi connectivity index (χ0v) is 25.1. The van der Waals surface area contributed by atoms with Crippen LogP contribution in [0.1, 0.15) is 81.4 Å². The Morgan fingerprint density at radius 2 is 1.68 bits per heavy atom. The lowest BCUT2D eigenvalue weighted by Crippen LogP contribution is -2.30. The van der Waals surface area contributed by atoms with Crippen molar-refractivity contribution in [1.82, 2.24) is 4.90 Å². The van der Waals surface area contributed by atoms with Gasteiger partial charge in [0, 0.05) is 24.1 Å². The normalized spacial score (nSPS) is 12.7. The van der Waals surface area contributed by atoms with Crippen molar-refractivity contribution in [2.24, 2.45) is 0 Å². The molecule has 0 radical (unpaired) electrons. The Morgan fingerprint density at radius 1 is 0.976 bits per heavy atom. The Kier molecular flexibility index (Phi) is 10.6. The lowest BCUT2D eigenvalue weighted by atomic mass is 9.84. The monoisotopic (exact) mass is 572 g/mol. The molecule has 2 aromatic rings. The minimum absolute atomic E-state index is 0.0246. The van der Waals surface area contributed by atoms with Crippen LogP contribution in [-0.2, 0) is 21.5 Å². The average Bonchev–Trinajstić information content (AvgIpc) is 3.22. The van der Waals surface area contributed by atoms with Crippen LogP contribution < -0.4 is 18.9 Å². The van der Waals surface area contributed by atoms with Crippen LogP contribution in [0.2, 0.25) is 0 Å². The number of hydrogen-bond acceptors (Lipinski definition) is 8. The van der Waals surface area contributed by atoms with Gasteiger partial charge in [0.15, 0.2) is 34.6 Å². The van der Waals surface area contributed by atoms with E-state index < -0.39 is 11.2 Å². The lowest BCUT2D eigenvalue weighted by Gasteiger charge is -2.26. The maximum atomic E-state index is 15.5. The van der Waals surface area contributed by atoms with E-state index in [0.717, 1.165) is 5.56 Å². The number of benzene rings is 2. The van der Waals surface area contributed by atoms with Gasteiger partial charge >= 0.3 is 5.97 Å². The number of amidine groups is 1. The molecule has 0 aromatic heterocycles. The number of rotatable bonds is 14. The van der Waals surface area contributed by atoms with E-state index in [2.05, 4.69) is 0 Å². The van der Waals surface area contributed by atoms with Gasteiger partial charge < -0.3 is 28.6 Å². The van der Waals surface area contributed by atoms with Crippen molar-refractivity contribution in [3.63, 3.8) is 0 Å². The molecule has 0 unspecified atom stereocenters. The minimum Gasteiger partial charge on any atom is -0.493 e. The summed E-state index contributed by atoms with van der Waals surface area (Å²) in [5, 5.41) is 8.65. The number of carbonyl (C=O) groups is 2. The van der Waals surface area contributed by atoms with Crippen LogP contribution in [0.15, 0.2) is 18.2 Å². The molecule has 1 N–H and O–H groups in total. The van der Waals surface area contributed by atoms with E-state index in [4.69, 9.17) is 29.1 Å². The molecule has 10 heteroatoms. The van der Waals surface area contributed by atoms with Crippen LogP contribution in [0, 0.1) is 11.2 Å². The molecule has 41 heavy (non-hydrogen) atoms. The van der Waals surface area contributed by atoms with Crippen LogP contribution in [0.4, 0.5) is 4.39 Å². The summed E-state index contributed by atoms with van der Waals surface area (Å²) >= 11 is 0. The van der Waals surface area contributed by atoms with E-state index in [0.29, 0.717) is 42.3 Å². The summed E-state index contributed by atoms with van der Waals surface area (Å²) in [6.45, 7) is 12.6. The molecule has 224 valence electrons. The first-order valence-electron chi connectivity index (χ1n) is 14.0. The zero-order valence-electron chi connectivity index (χ0n) is 25.1. The zero-order chi connectivity index (χ0) is 30.3. The number of carbonyl (C=O) groups excluding carboxylic acids is 2. The summed E-state index contributed by atoms with van der Waals surface area (Å²) in [6, 6.07) is 5.08. The van der Waals surface area contributed by atoms with Gasteiger partial charge in [0.25, 0.3) is 0 Å². The molecule has 0 amide bonds. The molecule has 0 spiro atoms. The van der Waals surface area contributed by atoms with E-state index in [-0.39, 0.29) is 67.4 Å². The van der Waals surface area contributed by atoms with Gasteiger partial charge in [-0.2, -0.15) is 0 Å². The fourth-order valence-corrected chi connectivity index (χ4v) is 4.67. The molecular weight excluding hydrogens is 531 g/mol. The fourth-order valence-electron chi connectivity index (χ4n) is 4.67. The van der Waals surface area contributed by atoms with Crippen molar-refractivity contribution in [2.45, 2.75) is 66.3 Å². The molecule has 3 rings (SSSR count). The average molecular weight is 573 g/mol. The van der Waals surface area contributed by atoms with Crippen molar-refractivity contribution in [3.8, 4) is 23.0 Å². The summed E-state index contributed by atoms with van der Waals surface area (Å²) in [7, 11) is 1.50. The molecule has 0 atom stereocenters. The van der Waals surface area contributed by atoms with Crippen LogP contribution >= 0.6 is 0 Å². The number of ether oxygens (including phenoxy) is 5. The number of hydrogen-bond donors (Lipinski definition) is 1. The molecule has 0 aliphatic carbocycles. The topological polar surface area (TPSA) is 107 Å². The Hall–Kier alpha value is -3.82. The SMILES string of the molecule is CCOC(=O)CCCOc1c(OC)cc(C(=O)CN2Cc3cc(OCC)c(OCC)c(F)c3C2=N)cc1C(C)(C)C. The number of Topliss-reactive ketones (excluding diaryl/α,β-unsaturated/α-hetero) is 1. The third-order valence-corrected chi connectivity index (χ3v) is 6.59. The Morgan fingerprint density at radius 3 is 2.29 bits per heavy atom. The first kappa shape index (κ1) is 31.7. The van der Waals surface area contributed by atoms with E-state index in [9.17, 15) is 9.59 Å². The number of esters is 1. The van der Waals surface area contributed by atoms with Gasteiger partial charge in [0.2, 0.25) is 0 Å². The lowest BCUT2D eigenvalue weighted by molar-refractivity contribution is -0.143. The smallest absolute Gasteiger partial charge is 0.305 e. The second kappa shape index (κ2) is 13.7. The number of halogens is 1. The molecule has 1 aliphatic rings. The molecule has 2 aromatic carbocycles. The van der Waals surface area contributed by atoms with Gasteiger partial charge in [-0.1, -0.05) is 20.8 Å². The fraction of sp³-hybridized carbons (Fsp3) is 0.516. The van der Waals surface area contributed by atoms with Gasteiger partial charge in [0.1, 0.15) is 5.84 Å². The quantitative estimate of drug-likeness (QED) is 0.175. The summed E-state index contributed by atoms with van der Waals surface area (Å²) < 4.78 is 43.2. The van der Waals surface area contributed by atoms with E-state index in [1.54, 1.807) is 39.0 Å². The highest BCUT2D eigenvalue weighted by Crippen LogP contribution is 2.41. The van der Waals surface area contributed by atoms with Crippen molar-refractivity contribution in [1.29, 1.82) is 5.41 Å². The van der Waals surface area contributed by atoms with Crippen LogP contribution in [-0.4, -0.2) is 62.6 Å². The van der Waals surface area contributed by atoms with Crippen molar-refractivity contribution >= 4 is 17.6 Å². The largest absolute Gasteiger partial charge is 0.493 e. The number of nitrogens with zero attached hydrogens (tertiary/aromatic N) is 1. The van der Waals surface area contributed by atoms with Gasteiger partial charge in [-0.15, -0.1) is 0 Å². The van der Waals surface area contributed by atoms with Gasteiger partial charge in [-0.25, -0.2) is 4.39 Å². The summed E-state index contributed by atoms with van der Waals surface area (Å²) in [5.41, 5.74) is 1.44. The van der Waals surface area contributed by atoms with Crippen molar-refractivity contribution in [2.75, 3.05) is 40.1 Å². The second-order valence-electron chi connectivity index (χ2n) is 10.6. The molecule has 0 saturated carbocycles. The van der Waals surface area contributed by atoms with E-state index >= 15 is 4.39 Å². The van der Waals surface area contributed by atoms with E-state index in [1.807, 2.05) is 20.8 Å². The molecule has 1 heterocycles. The molecule has 0 bridgehead atoms. The standard InChI is InChI=1S/C31H41FN2O7/c1-8-38-24-16-20-17-34(30(33)26(20)27(32)29(24)40-10-3)18-22(35)19-14-21(31(4,5)6)28(23(15-19)37-7)41-13-11-12-25(36)39-9-2/h14-16,33H,8-13,17-18H2,1-7H3. The molecule has 0 saturated heterocycles. The summed E-state index contributed by atoms with van der Waals surface area (Å²) in [5.74, 6) is -0.115. The number of ketones is 1. The summed E-state index contributed by atoms with van der Waals surface area (Å²) in [6.07, 6.45) is 0.705. The van der Waals surface area contributed by atoms with Gasteiger partial charge in [-0.05, 0) is 56.4 Å². The molecular formula is C31H41FN2O7. The van der Waals surface area contributed by atoms with Crippen molar-refractivity contribution < 1.29 is 37.7 Å². The highest BCUT2D eigenvalue weighted by Gasteiger charge is 2.34. The summed E-state index contributed by atoms with van der Waals surface area (Å²) in [4.78, 5) is 26.8. The minimum atomic E-state index is -0.658. The van der Waals surface area contributed by atoms with Gasteiger partial charge in [-0.3, -0.25) is 15.0 Å². The van der Waals surface area contributed by atoms with Crippen LogP contribution in [0.5, 0.6) is 23.0 Å². The number of nitrogens with one attached hydrogen (secondary N) is 1. The number of methoxy groups -OCH3 is 1. The Bertz CT molecular complexity index is 1290. The molecule has 9 nitrogen and oxygen atoms in total. The van der Waals surface area contributed by atoms with E-state index in [1.165, 1.54) is 12.0 Å².